The molecule has 0 atom stereocenters. The van der Waals surface area contributed by atoms with E-state index in [0.717, 1.165) is 13.1 Å². The van der Waals surface area contributed by atoms with Gasteiger partial charge in [-0.25, -0.2) is 4.79 Å². The van der Waals surface area contributed by atoms with Gasteiger partial charge in [0.15, 0.2) is 6.54 Å². The minimum absolute atomic E-state index is 0. The molecule has 0 aromatic heterocycles. The molecule has 4 nitrogen and oxygen atoms in total. The van der Waals surface area contributed by atoms with Crippen molar-refractivity contribution < 1.29 is 26.8 Å². The Kier molecular flexibility index (Phi) is 7.21. The summed E-state index contributed by atoms with van der Waals surface area (Å²) in [6.45, 7) is 1.97. The topological polar surface area (TPSA) is 40.5 Å². The van der Waals surface area contributed by atoms with Crippen LogP contribution in [-0.4, -0.2) is 68.3 Å². The molecule has 1 N–H and O–H groups in total. The number of carboxylic acid groups (broad SMARTS) is 1. The van der Waals surface area contributed by atoms with Gasteiger partial charge in [0, 0.05) is 6.54 Å². The minimum Gasteiger partial charge on any atom is -1.00 e. The van der Waals surface area contributed by atoms with Gasteiger partial charge in [0.05, 0.1) is 20.6 Å². The molecule has 0 heterocycles. The number of nitrogens with zero attached hydrogens (tertiary/aromatic N) is 2. The summed E-state index contributed by atoms with van der Waals surface area (Å²) in [6.07, 6.45) is 0. The maximum absolute atomic E-state index is 10.4. The van der Waals surface area contributed by atoms with Gasteiger partial charge in [0.1, 0.15) is 0 Å². The predicted octanol–water partition coefficient (Wildman–Crippen LogP) is -3.29. The first kappa shape index (κ1) is 15.2. The van der Waals surface area contributed by atoms with Crippen LogP contribution in [0.25, 0.3) is 0 Å². The Labute approximate surface area is 86.1 Å². The van der Waals surface area contributed by atoms with Gasteiger partial charge in [-0.15, -0.1) is 0 Å². The lowest BCUT2D eigenvalue weighted by molar-refractivity contribution is -0.882. The van der Waals surface area contributed by atoms with Gasteiger partial charge in [-0.1, -0.05) is 0 Å². The van der Waals surface area contributed by atoms with Crippen molar-refractivity contribution in [3.8, 4) is 0 Å². The number of carboxylic acids is 1. The van der Waals surface area contributed by atoms with Crippen LogP contribution in [0.1, 0.15) is 0 Å². The Bertz CT molecular complexity index is 160. The second kappa shape index (κ2) is 6.18. The molecule has 0 aliphatic heterocycles. The number of halogens is 1. The molecule has 0 rings (SSSR count). The molecule has 0 aliphatic rings. The van der Waals surface area contributed by atoms with Crippen LogP contribution in [-0.2, 0) is 4.79 Å². The number of carbonyl (C=O) groups is 1. The molecule has 5 heteroatoms. The highest BCUT2D eigenvalue weighted by atomic mass is 35.5. The standard InChI is InChI=1S/C8H18N2O2.ClH/c1-9(2)5-6-10(3,4)7-8(11)12;/h5-7H2,1-4H3;1H. The van der Waals surface area contributed by atoms with Crippen LogP contribution in [0.4, 0.5) is 0 Å². The molecule has 0 aromatic rings. The maximum Gasteiger partial charge on any atom is 0.359 e. The molecule has 0 amide bonds. The van der Waals surface area contributed by atoms with E-state index in [1.165, 1.54) is 0 Å². The van der Waals surface area contributed by atoms with Crippen molar-refractivity contribution in [1.82, 2.24) is 4.90 Å². The highest BCUT2D eigenvalue weighted by Gasteiger charge is 2.18. The Balaban J connectivity index is 0. The van der Waals surface area contributed by atoms with Crippen molar-refractivity contribution in [2.24, 2.45) is 0 Å². The summed E-state index contributed by atoms with van der Waals surface area (Å²) in [5, 5.41) is 8.59. The zero-order valence-corrected chi connectivity index (χ0v) is 9.51. The smallest absolute Gasteiger partial charge is 0.359 e. The quantitative estimate of drug-likeness (QED) is 0.484. The number of hydrogen-bond acceptors (Lipinski definition) is 2. The summed E-state index contributed by atoms with van der Waals surface area (Å²) in [5.74, 6) is -0.737. The third-order valence-electron chi connectivity index (χ3n) is 1.72. The average molecular weight is 211 g/mol. The van der Waals surface area contributed by atoms with E-state index < -0.39 is 5.97 Å². The Morgan fingerprint density at radius 1 is 1.38 bits per heavy atom. The second-order valence-electron chi connectivity index (χ2n) is 4.01. The summed E-state index contributed by atoms with van der Waals surface area (Å²) >= 11 is 0. The molecular formula is C8H19ClN2O2. The molecule has 0 bridgehead atoms. The Morgan fingerprint density at radius 2 is 1.85 bits per heavy atom. The summed E-state index contributed by atoms with van der Waals surface area (Å²) in [6, 6.07) is 0. The van der Waals surface area contributed by atoms with Gasteiger partial charge in [-0.05, 0) is 14.1 Å². The van der Waals surface area contributed by atoms with Crippen LogP contribution in [0.3, 0.4) is 0 Å². The summed E-state index contributed by atoms with van der Waals surface area (Å²) in [4.78, 5) is 12.5. The van der Waals surface area contributed by atoms with E-state index in [9.17, 15) is 4.79 Å². The zero-order valence-electron chi connectivity index (χ0n) is 8.75. The summed E-state index contributed by atoms with van der Waals surface area (Å²) in [5.41, 5.74) is 0. The normalized spacial score (nSPS) is 11.2. The fraction of sp³-hybridized carbons (Fsp3) is 0.875. The Hall–Kier alpha value is -0.320. The predicted molar refractivity (Wildman–Crippen MR) is 48.0 cm³/mol. The molecule has 0 radical (unpaired) electrons. The van der Waals surface area contributed by atoms with E-state index in [1.54, 1.807) is 0 Å². The van der Waals surface area contributed by atoms with Crippen LogP contribution in [0.5, 0.6) is 0 Å². The fourth-order valence-electron chi connectivity index (χ4n) is 0.916. The number of quaternary nitrogens is 1. The average Bonchev–Trinajstić information content (AvgIpc) is 1.81. The third kappa shape index (κ3) is 9.60. The summed E-state index contributed by atoms with van der Waals surface area (Å²) < 4.78 is 0.535. The Morgan fingerprint density at radius 3 is 2.15 bits per heavy atom. The van der Waals surface area contributed by atoms with Gasteiger partial charge in [0.2, 0.25) is 0 Å². The minimum atomic E-state index is -0.737. The zero-order chi connectivity index (χ0) is 9.78. The van der Waals surface area contributed by atoms with Crippen molar-refractivity contribution in [1.29, 1.82) is 0 Å². The molecule has 0 aromatic carbocycles. The van der Waals surface area contributed by atoms with E-state index in [-0.39, 0.29) is 19.0 Å². The highest BCUT2D eigenvalue weighted by molar-refractivity contribution is 5.67. The summed E-state index contributed by atoms with van der Waals surface area (Å²) in [7, 11) is 7.83. The van der Waals surface area contributed by atoms with Gasteiger partial charge < -0.3 is 26.9 Å². The molecule has 0 fully saturated rings. The first-order valence-electron chi connectivity index (χ1n) is 4.02. The van der Waals surface area contributed by atoms with Crippen molar-refractivity contribution in [3.05, 3.63) is 0 Å². The van der Waals surface area contributed by atoms with E-state index in [4.69, 9.17) is 5.11 Å². The van der Waals surface area contributed by atoms with Crippen molar-refractivity contribution in [3.63, 3.8) is 0 Å². The van der Waals surface area contributed by atoms with E-state index >= 15 is 0 Å². The molecule has 80 valence electrons. The fourth-order valence-corrected chi connectivity index (χ4v) is 0.916. The van der Waals surface area contributed by atoms with Gasteiger partial charge in [-0.3, -0.25) is 0 Å². The van der Waals surface area contributed by atoms with E-state index in [2.05, 4.69) is 4.90 Å². The number of hydrogen-bond donors (Lipinski definition) is 1. The van der Waals surface area contributed by atoms with Gasteiger partial charge in [-0.2, -0.15) is 0 Å². The highest BCUT2D eigenvalue weighted by Crippen LogP contribution is 1.95. The first-order valence-corrected chi connectivity index (χ1v) is 4.02. The van der Waals surface area contributed by atoms with Gasteiger partial charge >= 0.3 is 5.97 Å². The molecule has 0 unspecified atom stereocenters. The van der Waals surface area contributed by atoms with Crippen LogP contribution in [0.2, 0.25) is 0 Å². The second-order valence-corrected chi connectivity index (χ2v) is 4.01. The number of aliphatic carboxylic acids is 1. The lowest BCUT2D eigenvalue weighted by Gasteiger charge is -2.28. The lowest BCUT2D eigenvalue weighted by atomic mass is 10.4. The molecule has 0 spiro atoms. The SMILES string of the molecule is CN(C)CC[N+](C)(C)CC(=O)O.[Cl-]. The van der Waals surface area contributed by atoms with Crippen molar-refractivity contribution in [2.75, 3.05) is 47.8 Å². The van der Waals surface area contributed by atoms with Crippen LogP contribution in [0, 0.1) is 0 Å². The van der Waals surface area contributed by atoms with Crippen molar-refractivity contribution >= 4 is 5.97 Å². The molecule has 0 saturated carbocycles. The van der Waals surface area contributed by atoms with Crippen LogP contribution in [0.15, 0.2) is 0 Å². The maximum atomic E-state index is 10.4. The van der Waals surface area contributed by atoms with E-state index in [0.29, 0.717) is 4.48 Å². The first-order chi connectivity index (χ1) is 5.33. The van der Waals surface area contributed by atoms with Crippen molar-refractivity contribution in [2.45, 2.75) is 0 Å². The molecule has 0 saturated heterocycles. The number of rotatable bonds is 5. The van der Waals surface area contributed by atoms with Crippen LogP contribution >= 0.6 is 0 Å². The largest absolute Gasteiger partial charge is 1.00 e. The lowest BCUT2D eigenvalue weighted by Crippen LogP contribution is -3.00. The van der Waals surface area contributed by atoms with E-state index in [1.807, 2.05) is 28.2 Å². The van der Waals surface area contributed by atoms with Gasteiger partial charge in [0.25, 0.3) is 0 Å². The molecule has 13 heavy (non-hydrogen) atoms. The number of likely N-dealkylation sites (N-methyl/N-ethyl adjacent to an activating group) is 2. The molecule has 0 aliphatic carbocycles. The monoisotopic (exact) mass is 210 g/mol. The third-order valence-corrected chi connectivity index (χ3v) is 1.72. The molecular weight excluding hydrogens is 192 g/mol. The van der Waals surface area contributed by atoms with Crippen LogP contribution < -0.4 is 12.4 Å².